The fourth-order valence-electron chi connectivity index (χ4n) is 1.13. The molecular weight excluding hydrogens is 312 g/mol. The molecule has 0 nitrogen and oxygen atoms in total. The zero-order valence-electron chi connectivity index (χ0n) is 8.48. The summed E-state index contributed by atoms with van der Waals surface area (Å²) in [6.45, 7) is 6.08. The summed E-state index contributed by atoms with van der Waals surface area (Å²) < 4.78 is 0. The van der Waals surface area contributed by atoms with Crippen LogP contribution in [-0.2, 0) is 19.5 Å². The molecule has 0 unspecified atom stereocenters. The molecular formula is C10H22IZn-. The maximum atomic E-state index is 3.82. The van der Waals surface area contributed by atoms with Crippen molar-refractivity contribution < 1.29 is 19.5 Å². The van der Waals surface area contributed by atoms with Crippen molar-refractivity contribution in [2.24, 2.45) is 0 Å². The van der Waals surface area contributed by atoms with Crippen LogP contribution in [0.1, 0.15) is 58.3 Å². The smallest absolute Gasteiger partial charge is 0 e. The van der Waals surface area contributed by atoms with E-state index in [1.165, 1.54) is 44.9 Å². The minimum absolute atomic E-state index is 0. The Labute approximate surface area is 108 Å². The van der Waals surface area contributed by atoms with Gasteiger partial charge in [0.25, 0.3) is 0 Å². The topological polar surface area (TPSA) is 0 Å². The summed E-state index contributed by atoms with van der Waals surface area (Å²) in [6.07, 6.45) is 10.9. The molecule has 0 aliphatic heterocycles. The van der Waals surface area contributed by atoms with Crippen LogP contribution in [0.5, 0.6) is 0 Å². The largest absolute Gasteiger partial charge is 0.343 e. The van der Waals surface area contributed by atoms with Gasteiger partial charge in [-0.05, 0) is 0 Å². The van der Waals surface area contributed by atoms with Crippen molar-refractivity contribution in [1.29, 1.82) is 0 Å². The van der Waals surface area contributed by atoms with Gasteiger partial charge in [-0.2, -0.15) is 6.42 Å². The van der Waals surface area contributed by atoms with E-state index in [-0.39, 0.29) is 43.5 Å². The third-order valence-electron chi connectivity index (χ3n) is 1.85. The van der Waals surface area contributed by atoms with Crippen molar-refractivity contribution in [3.05, 3.63) is 6.92 Å². The first-order valence-corrected chi connectivity index (χ1v) is 4.71. The Kier molecular flexibility index (Phi) is 28.8. The van der Waals surface area contributed by atoms with Gasteiger partial charge in [0.1, 0.15) is 0 Å². The van der Waals surface area contributed by atoms with Crippen molar-refractivity contribution in [1.82, 2.24) is 0 Å². The van der Waals surface area contributed by atoms with E-state index in [9.17, 15) is 0 Å². The van der Waals surface area contributed by atoms with Gasteiger partial charge in [-0.25, -0.2) is 0 Å². The molecule has 0 saturated heterocycles. The van der Waals surface area contributed by atoms with Crippen LogP contribution in [0.25, 0.3) is 0 Å². The molecule has 0 radical (unpaired) electrons. The van der Waals surface area contributed by atoms with Crippen molar-refractivity contribution in [2.75, 3.05) is 0 Å². The van der Waals surface area contributed by atoms with Gasteiger partial charge in [0.2, 0.25) is 0 Å². The second-order valence-corrected chi connectivity index (χ2v) is 2.97. The molecule has 0 bridgehead atoms. The van der Waals surface area contributed by atoms with Gasteiger partial charge in [-0.1, -0.05) is 51.9 Å². The Morgan fingerprint density at radius 1 is 0.833 bits per heavy atom. The van der Waals surface area contributed by atoms with Crippen LogP contribution in [0.15, 0.2) is 0 Å². The molecule has 0 fully saturated rings. The van der Waals surface area contributed by atoms with E-state index in [1.807, 2.05) is 0 Å². The predicted octanol–water partition coefficient (Wildman–Crippen LogP) is 4.58. The average molecular weight is 335 g/mol. The molecule has 0 aliphatic carbocycles. The Bertz CT molecular complexity index is 49.8. The molecule has 0 aromatic rings. The average Bonchev–Trinajstić information content (AvgIpc) is 1.97. The Balaban J connectivity index is -0.000000405. The number of halogens is 1. The van der Waals surface area contributed by atoms with Gasteiger partial charge in [-0.3, -0.25) is 0 Å². The summed E-state index contributed by atoms with van der Waals surface area (Å²) >= 11 is 0. The molecule has 0 heterocycles. The minimum atomic E-state index is 0. The molecule has 0 aromatic carbocycles. The predicted molar refractivity (Wildman–Crippen MR) is 63.4 cm³/mol. The molecule has 0 N–H and O–H groups in total. The third kappa shape index (κ3) is 17.4. The van der Waals surface area contributed by atoms with Crippen LogP contribution in [0, 0.1) is 6.92 Å². The van der Waals surface area contributed by atoms with Crippen molar-refractivity contribution >= 4 is 24.0 Å². The second-order valence-electron chi connectivity index (χ2n) is 2.97. The fourth-order valence-corrected chi connectivity index (χ4v) is 1.13. The van der Waals surface area contributed by atoms with E-state index in [0.717, 1.165) is 6.42 Å². The molecule has 0 rings (SSSR count). The van der Waals surface area contributed by atoms with Crippen molar-refractivity contribution in [3.63, 3.8) is 0 Å². The Hall–Kier alpha value is 1.35. The van der Waals surface area contributed by atoms with Gasteiger partial charge in [-0.15, -0.1) is 24.0 Å². The fraction of sp³-hybridized carbons (Fsp3) is 0.900. The summed E-state index contributed by atoms with van der Waals surface area (Å²) in [5.41, 5.74) is 0. The first-order chi connectivity index (χ1) is 4.91. The maximum absolute atomic E-state index is 3.82. The summed E-state index contributed by atoms with van der Waals surface area (Å²) in [4.78, 5) is 0. The van der Waals surface area contributed by atoms with Gasteiger partial charge < -0.3 is 6.92 Å². The van der Waals surface area contributed by atoms with Crippen LogP contribution >= 0.6 is 24.0 Å². The van der Waals surface area contributed by atoms with E-state index in [4.69, 9.17) is 0 Å². The summed E-state index contributed by atoms with van der Waals surface area (Å²) in [5, 5.41) is 0. The normalized spacial score (nSPS) is 8.50. The van der Waals surface area contributed by atoms with Crippen LogP contribution in [-0.4, -0.2) is 0 Å². The number of hydrogen-bond donors (Lipinski definition) is 0. The van der Waals surface area contributed by atoms with Gasteiger partial charge in [0.05, 0.1) is 0 Å². The molecule has 0 amide bonds. The Morgan fingerprint density at radius 2 is 1.25 bits per heavy atom. The third-order valence-corrected chi connectivity index (χ3v) is 1.85. The zero-order chi connectivity index (χ0) is 7.66. The molecule has 72 valence electrons. The number of unbranched alkanes of at least 4 members (excludes halogenated alkanes) is 7. The minimum Gasteiger partial charge on any atom is -0.343 e. The van der Waals surface area contributed by atoms with Crippen LogP contribution in [0.4, 0.5) is 0 Å². The van der Waals surface area contributed by atoms with E-state index < -0.39 is 0 Å². The summed E-state index contributed by atoms with van der Waals surface area (Å²) in [6, 6.07) is 0. The van der Waals surface area contributed by atoms with Gasteiger partial charge in [0, 0.05) is 19.5 Å². The molecule has 0 aromatic heterocycles. The van der Waals surface area contributed by atoms with E-state index in [1.54, 1.807) is 0 Å². The van der Waals surface area contributed by atoms with E-state index in [2.05, 4.69) is 13.8 Å². The Morgan fingerprint density at radius 3 is 1.67 bits per heavy atom. The van der Waals surface area contributed by atoms with Crippen molar-refractivity contribution in [3.8, 4) is 0 Å². The first kappa shape index (κ1) is 19.0. The molecule has 0 aliphatic rings. The molecule has 0 spiro atoms. The standard InChI is InChI=1S/C10H21.HI.Zn/c1-3-5-7-9-10-8-6-4-2;;/h1,3-10H2,2H3;1H;/q-1;;. The van der Waals surface area contributed by atoms with E-state index in [0.29, 0.717) is 0 Å². The quantitative estimate of drug-likeness (QED) is 0.277. The molecule has 12 heavy (non-hydrogen) atoms. The summed E-state index contributed by atoms with van der Waals surface area (Å²) in [5.74, 6) is 0. The second kappa shape index (κ2) is 18.2. The van der Waals surface area contributed by atoms with E-state index >= 15 is 0 Å². The number of rotatable bonds is 7. The molecule has 0 saturated carbocycles. The van der Waals surface area contributed by atoms with Gasteiger partial charge >= 0.3 is 0 Å². The first-order valence-electron chi connectivity index (χ1n) is 4.71. The van der Waals surface area contributed by atoms with Crippen LogP contribution in [0.2, 0.25) is 0 Å². The molecule has 2 heteroatoms. The zero-order valence-corrected chi connectivity index (χ0v) is 13.8. The number of hydrogen-bond acceptors (Lipinski definition) is 0. The van der Waals surface area contributed by atoms with Crippen LogP contribution in [0.3, 0.4) is 0 Å². The maximum Gasteiger partial charge on any atom is 0 e. The van der Waals surface area contributed by atoms with Crippen LogP contribution < -0.4 is 0 Å². The summed E-state index contributed by atoms with van der Waals surface area (Å²) in [7, 11) is 0. The van der Waals surface area contributed by atoms with Gasteiger partial charge in [0.15, 0.2) is 0 Å². The SMILES string of the molecule is I.[CH2-]CCCCCCCCC.[Zn]. The monoisotopic (exact) mass is 333 g/mol. The molecule has 0 atom stereocenters. The van der Waals surface area contributed by atoms with Crippen molar-refractivity contribution in [2.45, 2.75) is 58.3 Å².